The van der Waals surface area contributed by atoms with Gasteiger partial charge in [0.05, 0.1) is 16.7 Å². The lowest BCUT2D eigenvalue weighted by molar-refractivity contribution is 0.117. The number of aliphatic hydroxyl groups is 1. The first-order valence-electron chi connectivity index (χ1n) is 4.96. The number of aliphatic hydroxyl groups excluding tert-OH is 1. The Kier molecular flexibility index (Phi) is 3.47. The van der Waals surface area contributed by atoms with Crippen LogP contribution in [0.1, 0.15) is 29.5 Å². The highest BCUT2D eigenvalue weighted by Crippen LogP contribution is 2.34. The summed E-state index contributed by atoms with van der Waals surface area (Å²) < 4.78 is 4.21. The van der Waals surface area contributed by atoms with Gasteiger partial charge in [-0.2, -0.15) is 16.1 Å². The molecule has 1 fully saturated rings. The van der Waals surface area contributed by atoms with E-state index < -0.39 is 0 Å². The van der Waals surface area contributed by atoms with E-state index >= 15 is 0 Å². The van der Waals surface area contributed by atoms with Crippen LogP contribution in [0, 0.1) is 12.8 Å². The normalized spacial score (nSPS) is 24.9. The molecule has 4 heteroatoms. The fourth-order valence-electron chi connectivity index (χ4n) is 1.77. The fourth-order valence-corrected chi connectivity index (χ4v) is 3.78. The van der Waals surface area contributed by atoms with E-state index in [-0.39, 0.29) is 6.10 Å². The van der Waals surface area contributed by atoms with Gasteiger partial charge in [-0.3, -0.25) is 0 Å². The van der Waals surface area contributed by atoms with Crippen molar-refractivity contribution < 1.29 is 5.11 Å². The predicted octanol–water partition coefficient (Wildman–Crippen LogP) is 2.63. The van der Waals surface area contributed by atoms with Crippen molar-refractivity contribution >= 4 is 23.3 Å². The number of nitrogens with zero attached hydrogens (tertiary/aromatic N) is 1. The maximum Gasteiger partial charge on any atom is 0.0933 e. The quantitative estimate of drug-likeness (QED) is 0.846. The Morgan fingerprint density at radius 1 is 1.64 bits per heavy atom. The summed E-state index contributed by atoms with van der Waals surface area (Å²) in [6.45, 7) is 1.97. The zero-order chi connectivity index (χ0) is 9.97. The van der Waals surface area contributed by atoms with E-state index in [1.807, 2.05) is 24.8 Å². The SMILES string of the molecule is Cc1cc(C(O)C2CCCSC2)sn1. The first kappa shape index (κ1) is 10.5. The molecule has 1 aromatic rings. The molecule has 1 aliphatic rings. The van der Waals surface area contributed by atoms with Crippen LogP contribution in [0.3, 0.4) is 0 Å². The molecule has 0 aromatic carbocycles. The molecule has 0 aliphatic carbocycles. The van der Waals surface area contributed by atoms with Gasteiger partial charge in [0, 0.05) is 0 Å². The summed E-state index contributed by atoms with van der Waals surface area (Å²) in [7, 11) is 0. The van der Waals surface area contributed by atoms with Crippen LogP contribution in [0.2, 0.25) is 0 Å². The van der Waals surface area contributed by atoms with Crippen LogP contribution in [-0.4, -0.2) is 21.0 Å². The Morgan fingerprint density at radius 3 is 3.07 bits per heavy atom. The molecule has 1 aromatic heterocycles. The van der Waals surface area contributed by atoms with Crippen molar-refractivity contribution in [2.75, 3.05) is 11.5 Å². The third-order valence-corrected chi connectivity index (χ3v) is 4.77. The molecule has 1 saturated heterocycles. The standard InChI is InChI=1S/C10H15NOS2/c1-7-5-9(14-11-7)10(12)8-3-2-4-13-6-8/h5,8,10,12H,2-4,6H2,1H3. The smallest absolute Gasteiger partial charge is 0.0933 e. The third-order valence-electron chi connectivity index (χ3n) is 2.58. The molecule has 0 radical (unpaired) electrons. The average Bonchev–Trinajstić information content (AvgIpc) is 2.65. The van der Waals surface area contributed by atoms with Gasteiger partial charge in [0.1, 0.15) is 0 Å². The van der Waals surface area contributed by atoms with Gasteiger partial charge < -0.3 is 5.11 Å². The van der Waals surface area contributed by atoms with Crippen molar-refractivity contribution in [2.45, 2.75) is 25.9 Å². The van der Waals surface area contributed by atoms with Gasteiger partial charge >= 0.3 is 0 Å². The summed E-state index contributed by atoms with van der Waals surface area (Å²) in [4.78, 5) is 1.04. The molecule has 78 valence electrons. The topological polar surface area (TPSA) is 33.1 Å². The second kappa shape index (κ2) is 4.64. The second-order valence-corrected chi connectivity index (χ2v) is 5.78. The van der Waals surface area contributed by atoms with Gasteiger partial charge in [-0.25, -0.2) is 0 Å². The first-order chi connectivity index (χ1) is 6.77. The molecule has 14 heavy (non-hydrogen) atoms. The van der Waals surface area contributed by atoms with Crippen LogP contribution < -0.4 is 0 Å². The maximum absolute atomic E-state index is 10.1. The van der Waals surface area contributed by atoms with Gasteiger partial charge in [0.25, 0.3) is 0 Å². The van der Waals surface area contributed by atoms with E-state index in [0.717, 1.165) is 22.7 Å². The molecular formula is C10H15NOS2. The van der Waals surface area contributed by atoms with E-state index in [1.165, 1.54) is 23.7 Å². The van der Waals surface area contributed by atoms with Crippen LogP contribution >= 0.6 is 23.3 Å². The predicted molar refractivity (Wildman–Crippen MR) is 61.9 cm³/mol. The number of hydrogen-bond donors (Lipinski definition) is 1. The summed E-state index contributed by atoms with van der Waals surface area (Å²) in [6, 6.07) is 2.01. The molecule has 0 spiro atoms. The van der Waals surface area contributed by atoms with Gasteiger partial charge in [-0.05, 0) is 54.8 Å². The van der Waals surface area contributed by atoms with Crippen LogP contribution in [0.15, 0.2) is 6.07 Å². The molecule has 1 N–H and O–H groups in total. The van der Waals surface area contributed by atoms with E-state index in [1.54, 1.807) is 0 Å². The summed E-state index contributed by atoms with van der Waals surface area (Å²) >= 11 is 3.40. The number of rotatable bonds is 2. The molecule has 0 bridgehead atoms. The zero-order valence-corrected chi connectivity index (χ0v) is 9.90. The minimum Gasteiger partial charge on any atom is -0.387 e. The molecule has 2 rings (SSSR count). The lowest BCUT2D eigenvalue weighted by atomic mass is 9.97. The Balaban J connectivity index is 2.03. The van der Waals surface area contributed by atoms with Crippen molar-refractivity contribution in [3.63, 3.8) is 0 Å². The number of aryl methyl sites for hydroxylation is 1. The second-order valence-electron chi connectivity index (χ2n) is 3.79. The minimum atomic E-state index is -0.283. The highest BCUT2D eigenvalue weighted by molar-refractivity contribution is 7.99. The van der Waals surface area contributed by atoms with E-state index in [2.05, 4.69) is 4.37 Å². The number of hydrogen-bond acceptors (Lipinski definition) is 4. The number of thioether (sulfide) groups is 1. The molecule has 2 nitrogen and oxygen atoms in total. The highest BCUT2D eigenvalue weighted by Gasteiger charge is 2.24. The Labute approximate surface area is 92.9 Å². The lowest BCUT2D eigenvalue weighted by Crippen LogP contribution is -2.18. The molecular weight excluding hydrogens is 214 g/mol. The van der Waals surface area contributed by atoms with Crippen LogP contribution in [-0.2, 0) is 0 Å². The molecule has 2 unspecified atom stereocenters. The van der Waals surface area contributed by atoms with Crippen molar-refractivity contribution in [1.82, 2.24) is 4.37 Å². The van der Waals surface area contributed by atoms with E-state index in [9.17, 15) is 5.11 Å². The minimum absolute atomic E-state index is 0.283. The Morgan fingerprint density at radius 2 is 2.50 bits per heavy atom. The maximum atomic E-state index is 10.1. The lowest BCUT2D eigenvalue weighted by Gasteiger charge is -2.25. The average molecular weight is 229 g/mol. The Hall–Kier alpha value is -0.0600. The van der Waals surface area contributed by atoms with Crippen molar-refractivity contribution in [1.29, 1.82) is 0 Å². The zero-order valence-electron chi connectivity index (χ0n) is 8.27. The van der Waals surface area contributed by atoms with Crippen LogP contribution in [0.4, 0.5) is 0 Å². The molecule has 0 saturated carbocycles. The van der Waals surface area contributed by atoms with Gasteiger partial charge in [-0.1, -0.05) is 0 Å². The summed E-state index contributed by atoms with van der Waals surface area (Å²) in [5, 5.41) is 10.1. The third kappa shape index (κ3) is 2.30. The highest BCUT2D eigenvalue weighted by atomic mass is 32.2. The van der Waals surface area contributed by atoms with Crippen LogP contribution in [0.25, 0.3) is 0 Å². The fraction of sp³-hybridized carbons (Fsp3) is 0.700. The Bertz CT molecular complexity index is 294. The van der Waals surface area contributed by atoms with Crippen molar-refractivity contribution in [2.24, 2.45) is 5.92 Å². The largest absolute Gasteiger partial charge is 0.387 e. The number of aromatic nitrogens is 1. The van der Waals surface area contributed by atoms with Gasteiger partial charge in [0.2, 0.25) is 0 Å². The molecule has 2 atom stereocenters. The monoisotopic (exact) mass is 229 g/mol. The van der Waals surface area contributed by atoms with Crippen LogP contribution in [0.5, 0.6) is 0 Å². The van der Waals surface area contributed by atoms with E-state index in [4.69, 9.17) is 0 Å². The van der Waals surface area contributed by atoms with Crippen molar-refractivity contribution in [3.8, 4) is 0 Å². The van der Waals surface area contributed by atoms with Gasteiger partial charge in [-0.15, -0.1) is 0 Å². The molecule has 2 heterocycles. The molecule has 0 amide bonds. The summed E-state index contributed by atoms with van der Waals surface area (Å²) in [5.74, 6) is 2.79. The first-order valence-corrected chi connectivity index (χ1v) is 6.89. The summed E-state index contributed by atoms with van der Waals surface area (Å²) in [5.41, 5.74) is 1.02. The molecule has 1 aliphatic heterocycles. The summed E-state index contributed by atoms with van der Waals surface area (Å²) in [6.07, 6.45) is 2.11. The van der Waals surface area contributed by atoms with E-state index in [0.29, 0.717) is 5.92 Å². The van der Waals surface area contributed by atoms with Crippen molar-refractivity contribution in [3.05, 3.63) is 16.6 Å². The van der Waals surface area contributed by atoms with Gasteiger partial charge in [0.15, 0.2) is 0 Å².